The summed E-state index contributed by atoms with van der Waals surface area (Å²) >= 11 is 0. The van der Waals surface area contributed by atoms with Gasteiger partial charge in [-0.15, -0.1) is 6.58 Å². The number of nitro benzene ring substituents is 1. The number of benzene rings is 2. The van der Waals surface area contributed by atoms with Crippen LogP contribution in [0.1, 0.15) is 15.9 Å². The number of hydrogen-bond acceptors (Lipinski definition) is 6. The molecule has 2 aromatic carbocycles. The first-order chi connectivity index (χ1) is 14.0. The maximum absolute atomic E-state index is 12.6. The number of carbonyl (C=O) groups excluding carboxylic acids is 2. The Hall–Kier alpha value is -3.94. The molecule has 8 heteroatoms. The standard InChI is InChI=1S/C21H20N2O6/c1-3-10-22(21(25)29-15-16-8-6-5-7-9-16)18-12-17(20(24)28-11-4-2)13-19(14-18)23(26)27/h3-9,12-14H,1-2,10-11,15H2. The van der Waals surface area contributed by atoms with Crippen molar-refractivity contribution in [2.45, 2.75) is 6.61 Å². The maximum atomic E-state index is 12.6. The van der Waals surface area contributed by atoms with Crippen molar-refractivity contribution in [1.29, 1.82) is 0 Å². The molecule has 0 aliphatic carbocycles. The summed E-state index contributed by atoms with van der Waals surface area (Å²) in [5, 5.41) is 11.3. The lowest BCUT2D eigenvalue weighted by Gasteiger charge is -2.21. The number of esters is 1. The van der Waals surface area contributed by atoms with Gasteiger partial charge in [-0.2, -0.15) is 0 Å². The van der Waals surface area contributed by atoms with Crippen molar-refractivity contribution in [3.8, 4) is 0 Å². The Bertz CT molecular complexity index is 911. The van der Waals surface area contributed by atoms with Crippen LogP contribution in [0.4, 0.5) is 16.2 Å². The second kappa shape index (κ2) is 10.4. The predicted molar refractivity (Wildman–Crippen MR) is 108 cm³/mol. The van der Waals surface area contributed by atoms with Gasteiger partial charge in [-0.05, 0) is 11.6 Å². The quantitative estimate of drug-likeness (QED) is 0.272. The van der Waals surface area contributed by atoms with E-state index in [1.807, 2.05) is 18.2 Å². The Morgan fingerprint density at radius 3 is 2.41 bits per heavy atom. The van der Waals surface area contributed by atoms with Crippen LogP contribution >= 0.6 is 0 Å². The van der Waals surface area contributed by atoms with Crippen molar-refractivity contribution >= 4 is 23.4 Å². The van der Waals surface area contributed by atoms with Crippen LogP contribution in [-0.2, 0) is 16.1 Å². The fourth-order valence-corrected chi connectivity index (χ4v) is 2.40. The zero-order chi connectivity index (χ0) is 21.2. The lowest BCUT2D eigenvalue weighted by Crippen LogP contribution is -2.31. The van der Waals surface area contributed by atoms with Crippen molar-refractivity contribution in [2.24, 2.45) is 0 Å². The average molecular weight is 396 g/mol. The number of carbonyl (C=O) groups is 2. The lowest BCUT2D eigenvalue weighted by molar-refractivity contribution is -0.384. The van der Waals surface area contributed by atoms with E-state index < -0.39 is 17.0 Å². The van der Waals surface area contributed by atoms with Crippen LogP contribution in [0, 0.1) is 10.1 Å². The Morgan fingerprint density at radius 1 is 1.07 bits per heavy atom. The van der Waals surface area contributed by atoms with Gasteiger partial charge in [0, 0.05) is 18.7 Å². The van der Waals surface area contributed by atoms with E-state index in [2.05, 4.69) is 13.2 Å². The van der Waals surface area contributed by atoms with Gasteiger partial charge in [-0.1, -0.05) is 49.1 Å². The summed E-state index contributed by atoms with van der Waals surface area (Å²) in [5.74, 6) is -0.772. The largest absolute Gasteiger partial charge is 0.458 e. The minimum absolute atomic E-state index is 0.0237. The van der Waals surface area contributed by atoms with Crippen molar-refractivity contribution in [3.63, 3.8) is 0 Å². The van der Waals surface area contributed by atoms with Crippen molar-refractivity contribution < 1.29 is 24.0 Å². The molecule has 0 N–H and O–H groups in total. The fourth-order valence-electron chi connectivity index (χ4n) is 2.40. The molecule has 0 bridgehead atoms. The Balaban J connectivity index is 2.31. The smallest absolute Gasteiger partial charge is 0.414 e. The molecule has 150 valence electrons. The molecule has 0 aliphatic heterocycles. The van der Waals surface area contributed by atoms with Crippen LogP contribution in [-0.4, -0.2) is 30.1 Å². The molecule has 29 heavy (non-hydrogen) atoms. The number of nitro groups is 1. The molecule has 8 nitrogen and oxygen atoms in total. The van der Waals surface area contributed by atoms with Gasteiger partial charge in [0.2, 0.25) is 0 Å². The summed E-state index contributed by atoms with van der Waals surface area (Å²) < 4.78 is 10.2. The topological polar surface area (TPSA) is 99.0 Å². The number of non-ortho nitro benzene ring substituents is 1. The molecule has 0 saturated carbocycles. The number of rotatable bonds is 9. The second-order valence-electron chi connectivity index (χ2n) is 5.82. The highest BCUT2D eigenvalue weighted by atomic mass is 16.6. The highest BCUT2D eigenvalue weighted by Gasteiger charge is 2.22. The van der Waals surface area contributed by atoms with Crippen LogP contribution in [0.2, 0.25) is 0 Å². The molecule has 0 aliphatic rings. The van der Waals surface area contributed by atoms with E-state index in [9.17, 15) is 19.7 Å². The van der Waals surface area contributed by atoms with E-state index in [1.165, 1.54) is 24.3 Å². The highest BCUT2D eigenvalue weighted by molar-refractivity contribution is 5.94. The van der Waals surface area contributed by atoms with Crippen LogP contribution < -0.4 is 4.90 Å². The zero-order valence-corrected chi connectivity index (χ0v) is 15.7. The SMILES string of the molecule is C=CCOC(=O)c1cc(N(CC=C)C(=O)OCc2ccccc2)cc([N+](=O)[O-])c1. The van der Waals surface area contributed by atoms with Gasteiger partial charge in [0.25, 0.3) is 5.69 Å². The summed E-state index contributed by atoms with van der Waals surface area (Å²) in [6.07, 6.45) is 2.08. The van der Waals surface area contributed by atoms with Gasteiger partial charge >= 0.3 is 12.1 Å². The fraction of sp³-hybridized carbons (Fsp3) is 0.143. The number of anilines is 1. The van der Waals surface area contributed by atoms with Crippen molar-refractivity contribution in [3.05, 3.63) is 95.1 Å². The molecule has 0 unspecified atom stereocenters. The van der Waals surface area contributed by atoms with Gasteiger partial charge in [0.1, 0.15) is 13.2 Å². The molecule has 0 atom stereocenters. The molecule has 2 rings (SSSR count). The predicted octanol–water partition coefficient (Wildman–Crippen LogP) is 4.27. The first kappa shape index (κ1) is 21.4. The summed E-state index contributed by atoms with van der Waals surface area (Å²) in [6, 6.07) is 12.6. The van der Waals surface area contributed by atoms with E-state index in [0.717, 1.165) is 16.5 Å². The molecule has 0 radical (unpaired) electrons. The average Bonchev–Trinajstić information content (AvgIpc) is 2.74. The monoisotopic (exact) mass is 396 g/mol. The van der Waals surface area contributed by atoms with Crippen molar-refractivity contribution in [1.82, 2.24) is 0 Å². The Labute approximate surface area is 167 Å². The first-order valence-electron chi connectivity index (χ1n) is 8.63. The van der Waals surface area contributed by atoms with Gasteiger partial charge in [0.15, 0.2) is 0 Å². The number of nitrogens with zero attached hydrogens (tertiary/aromatic N) is 2. The van der Waals surface area contributed by atoms with Crippen molar-refractivity contribution in [2.75, 3.05) is 18.1 Å². The van der Waals surface area contributed by atoms with Crippen LogP contribution in [0.25, 0.3) is 0 Å². The normalized spacial score (nSPS) is 9.93. The minimum atomic E-state index is -0.772. The maximum Gasteiger partial charge on any atom is 0.414 e. The molecule has 0 heterocycles. The third kappa shape index (κ3) is 6.03. The van der Waals surface area contributed by atoms with E-state index in [4.69, 9.17) is 9.47 Å². The lowest BCUT2D eigenvalue weighted by atomic mass is 10.1. The highest BCUT2D eigenvalue weighted by Crippen LogP contribution is 2.25. The molecular formula is C21H20N2O6. The molecule has 2 aromatic rings. The van der Waals surface area contributed by atoms with E-state index in [0.29, 0.717) is 0 Å². The minimum Gasteiger partial charge on any atom is -0.458 e. The molecule has 0 saturated heterocycles. The summed E-state index contributed by atoms with van der Waals surface area (Å²) in [7, 11) is 0. The molecular weight excluding hydrogens is 376 g/mol. The second-order valence-corrected chi connectivity index (χ2v) is 5.82. The summed E-state index contributed by atoms with van der Waals surface area (Å²) in [4.78, 5) is 36.5. The number of amides is 1. The Kier molecular flexibility index (Phi) is 7.67. The third-order valence-corrected chi connectivity index (χ3v) is 3.73. The first-order valence-corrected chi connectivity index (χ1v) is 8.63. The number of hydrogen-bond donors (Lipinski definition) is 0. The van der Waals surface area contributed by atoms with Crippen LogP contribution in [0.3, 0.4) is 0 Å². The molecule has 1 amide bonds. The van der Waals surface area contributed by atoms with Gasteiger partial charge in [-0.25, -0.2) is 9.59 Å². The van der Waals surface area contributed by atoms with E-state index >= 15 is 0 Å². The van der Waals surface area contributed by atoms with Crippen LogP contribution in [0.5, 0.6) is 0 Å². The van der Waals surface area contributed by atoms with Gasteiger partial charge in [-0.3, -0.25) is 15.0 Å². The summed E-state index contributed by atoms with van der Waals surface area (Å²) in [6.45, 7) is 7.04. The van der Waals surface area contributed by atoms with E-state index in [1.54, 1.807) is 12.1 Å². The zero-order valence-electron chi connectivity index (χ0n) is 15.7. The summed E-state index contributed by atoms with van der Waals surface area (Å²) in [5.41, 5.74) is 0.466. The molecule has 0 spiro atoms. The third-order valence-electron chi connectivity index (χ3n) is 3.73. The van der Waals surface area contributed by atoms with Gasteiger partial charge in [0.05, 0.1) is 16.2 Å². The molecule has 0 fully saturated rings. The number of ether oxygens (including phenoxy) is 2. The van der Waals surface area contributed by atoms with E-state index in [-0.39, 0.29) is 36.7 Å². The Morgan fingerprint density at radius 2 is 1.79 bits per heavy atom. The van der Waals surface area contributed by atoms with Crippen LogP contribution in [0.15, 0.2) is 73.8 Å². The van der Waals surface area contributed by atoms with Gasteiger partial charge < -0.3 is 9.47 Å². The molecule has 0 aromatic heterocycles.